The van der Waals surface area contributed by atoms with Gasteiger partial charge in [-0.15, -0.1) is 0 Å². The lowest BCUT2D eigenvalue weighted by atomic mass is 9.77. The summed E-state index contributed by atoms with van der Waals surface area (Å²) < 4.78 is 1.15. The summed E-state index contributed by atoms with van der Waals surface area (Å²) in [5.74, 6) is 0.370. The average Bonchev–Trinajstić information content (AvgIpc) is 2.72. The van der Waals surface area contributed by atoms with Crippen molar-refractivity contribution in [1.29, 1.82) is 0 Å². The van der Waals surface area contributed by atoms with Crippen LogP contribution in [0.15, 0.2) is 76.8 Å². The molecule has 1 heteroatoms. The van der Waals surface area contributed by atoms with E-state index in [4.69, 9.17) is 0 Å². The van der Waals surface area contributed by atoms with Crippen LogP contribution >= 0.6 is 15.9 Å². The van der Waals surface area contributed by atoms with Crippen LogP contribution in [0.3, 0.4) is 0 Å². The average molecular weight is 415 g/mol. The number of allylic oxidation sites excluding steroid dienone is 4. The molecule has 3 aromatic rings. The van der Waals surface area contributed by atoms with E-state index in [0.717, 1.165) is 4.47 Å². The molecule has 134 valence electrons. The number of fused-ring (bicyclic) bond motifs is 4. The van der Waals surface area contributed by atoms with Crippen molar-refractivity contribution in [3.63, 3.8) is 0 Å². The predicted molar refractivity (Wildman–Crippen MR) is 119 cm³/mol. The SMILES string of the molecule is CC(c1cccc(Br)c1)c1cccc2ccc3c(c12)CCC1=C3C=CCC1. The van der Waals surface area contributed by atoms with Gasteiger partial charge in [0.2, 0.25) is 0 Å². The van der Waals surface area contributed by atoms with Gasteiger partial charge in [-0.25, -0.2) is 0 Å². The molecule has 0 saturated carbocycles. The Labute approximate surface area is 169 Å². The number of rotatable bonds is 2. The molecule has 0 fully saturated rings. The third kappa shape index (κ3) is 2.89. The van der Waals surface area contributed by atoms with Crippen LogP contribution in [-0.2, 0) is 6.42 Å². The van der Waals surface area contributed by atoms with E-state index in [-0.39, 0.29) is 0 Å². The van der Waals surface area contributed by atoms with Gasteiger partial charge in [-0.3, -0.25) is 0 Å². The summed E-state index contributed by atoms with van der Waals surface area (Å²) in [6.45, 7) is 2.34. The number of hydrogen-bond donors (Lipinski definition) is 0. The topological polar surface area (TPSA) is 0 Å². The maximum absolute atomic E-state index is 3.64. The zero-order chi connectivity index (χ0) is 18.4. The highest BCUT2D eigenvalue weighted by atomic mass is 79.9. The van der Waals surface area contributed by atoms with Crippen LogP contribution < -0.4 is 0 Å². The molecule has 0 radical (unpaired) electrons. The number of hydrogen-bond acceptors (Lipinski definition) is 0. The predicted octanol–water partition coefficient (Wildman–Crippen LogP) is 7.80. The summed E-state index contributed by atoms with van der Waals surface area (Å²) in [4.78, 5) is 0. The highest BCUT2D eigenvalue weighted by molar-refractivity contribution is 9.10. The van der Waals surface area contributed by atoms with E-state index >= 15 is 0 Å². The first kappa shape index (κ1) is 17.0. The molecule has 0 N–H and O–H groups in total. The normalized spacial score (nSPS) is 17.0. The first-order valence-electron chi connectivity index (χ1n) is 9.91. The quantitative estimate of drug-likeness (QED) is 0.401. The summed E-state index contributed by atoms with van der Waals surface area (Å²) in [6, 6.07) is 20.2. The third-order valence-electron chi connectivity index (χ3n) is 6.25. The van der Waals surface area contributed by atoms with Crippen molar-refractivity contribution in [3.8, 4) is 0 Å². The van der Waals surface area contributed by atoms with Crippen LogP contribution in [-0.4, -0.2) is 0 Å². The fraction of sp³-hybridized carbons (Fsp3) is 0.231. The Kier molecular flexibility index (Phi) is 4.28. The van der Waals surface area contributed by atoms with Crippen molar-refractivity contribution in [1.82, 2.24) is 0 Å². The Morgan fingerprint density at radius 1 is 0.926 bits per heavy atom. The Hall–Kier alpha value is -2.12. The number of benzene rings is 3. The molecule has 0 saturated heterocycles. The van der Waals surface area contributed by atoms with Crippen molar-refractivity contribution in [2.24, 2.45) is 0 Å². The van der Waals surface area contributed by atoms with E-state index in [9.17, 15) is 0 Å². The van der Waals surface area contributed by atoms with Gasteiger partial charge in [0.05, 0.1) is 0 Å². The van der Waals surface area contributed by atoms with Crippen LogP contribution in [0.2, 0.25) is 0 Å². The van der Waals surface area contributed by atoms with Gasteiger partial charge in [0, 0.05) is 10.4 Å². The summed E-state index contributed by atoms with van der Waals surface area (Å²) in [7, 11) is 0. The standard InChI is InChI=1S/C26H23Br/c1-17(20-8-4-9-21(27)16-20)22-11-5-7-19-13-14-24-23-10-3-2-6-18(23)12-15-25(24)26(19)22/h3-5,7-11,13-14,16-17H,2,6,12,15H2,1H3. The minimum absolute atomic E-state index is 0.370. The molecule has 0 bridgehead atoms. The van der Waals surface area contributed by atoms with Crippen LogP contribution in [0.5, 0.6) is 0 Å². The summed E-state index contributed by atoms with van der Waals surface area (Å²) >= 11 is 3.64. The summed E-state index contributed by atoms with van der Waals surface area (Å²) in [5.41, 5.74) is 8.98. The zero-order valence-electron chi connectivity index (χ0n) is 15.6. The van der Waals surface area contributed by atoms with Crippen molar-refractivity contribution in [2.75, 3.05) is 0 Å². The molecule has 1 atom stereocenters. The largest absolute Gasteiger partial charge is 0.0836 e. The first-order valence-corrected chi connectivity index (χ1v) is 10.7. The highest BCUT2D eigenvalue weighted by Gasteiger charge is 2.23. The molecule has 0 heterocycles. The summed E-state index contributed by atoms with van der Waals surface area (Å²) in [6.07, 6.45) is 9.52. The molecule has 27 heavy (non-hydrogen) atoms. The Morgan fingerprint density at radius 3 is 2.70 bits per heavy atom. The Balaban J connectivity index is 1.73. The second-order valence-electron chi connectivity index (χ2n) is 7.77. The second-order valence-corrected chi connectivity index (χ2v) is 8.69. The van der Waals surface area contributed by atoms with E-state index in [0.29, 0.717) is 5.92 Å². The number of aryl methyl sites for hydroxylation is 1. The van der Waals surface area contributed by atoms with Crippen molar-refractivity contribution in [2.45, 2.75) is 38.5 Å². The van der Waals surface area contributed by atoms with Crippen molar-refractivity contribution in [3.05, 3.63) is 99.0 Å². The lowest BCUT2D eigenvalue weighted by molar-refractivity contribution is 0.829. The minimum atomic E-state index is 0.370. The maximum Gasteiger partial charge on any atom is 0.0178 e. The smallest absolute Gasteiger partial charge is 0.0178 e. The van der Waals surface area contributed by atoms with E-state index in [2.05, 4.69) is 89.6 Å². The van der Waals surface area contributed by atoms with Crippen LogP contribution in [0.4, 0.5) is 0 Å². The zero-order valence-corrected chi connectivity index (χ0v) is 17.2. The highest BCUT2D eigenvalue weighted by Crippen LogP contribution is 2.42. The van der Waals surface area contributed by atoms with Crippen molar-refractivity contribution >= 4 is 32.3 Å². The Bertz CT molecular complexity index is 1100. The lowest BCUT2D eigenvalue weighted by Gasteiger charge is -2.27. The van der Waals surface area contributed by atoms with E-state index in [1.54, 1.807) is 11.1 Å². The molecule has 2 aliphatic rings. The molecule has 5 rings (SSSR count). The van der Waals surface area contributed by atoms with Crippen LogP contribution in [0.25, 0.3) is 16.3 Å². The van der Waals surface area contributed by atoms with Gasteiger partial charge in [-0.05, 0) is 76.4 Å². The van der Waals surface area contributed by atoms with Gasteiger partial charge in [0.25, 0.3) is 0 Å². The third-order valence-corrected chi connectivity index (χ3v) is 6.74. The molecular weight excluding hydrogens is 392 g/mol. The van der Waals surface area contributed by atoms with Gasteiger partial charge < -0.3 is 0 Å². The molecule has 0 aliphatic heterocycles. The Morgan fingerprint density at radius 2 is 1.81 bits per heavy atom. The maximum atomic E-state index is 3.64. The van der Waals surface area contributed by atoms with Gasteiger partial charge in [0.1, 0.15) is 0 Å². The van der Waals surface area contributed by atoms with Gasteiger partial charge >= 0.3 is 0 Å². The van der Waals surface area contributed by atoms with Gasteiger partial charge in [0.15, 0.2) is 0 Å². The van der Waals surface area contributed by atoms with Crippen molar-refractivity contribution < 1.29 is 0 Å². The molecule has 0 nitrogen and oxygen atoms in total. The van der Waals surface area contributed by atoms with Crippen LogP contribution in [0.1, 0.15) is 54.4 Å². The molecule has 3 aromatic carbocycles. The van der Waals surface area contributed by atoms with E-state index < -0.39 is 0 Å². The fourth-order valence-corrected chi connectivity index (χ4v) is 5.26. The molecule has 1 unspecified atom stereocenters. The fourth-order valence-electron chi connectivity index (χ4n) is 4.84. The van der Waals surface area contributed by atoms with Gasteiger partial charge in [-0.1, -0.05) is 83.0 Å². The van der Waals surface area contributed by atoms with E-state index in [1.807, 2.05) is 0 Å². The molecular formula is C26H23Br. The second kappa shape index (κ2) is 6.80. The molecule has 2 aliphatic carbocycles. The van der Waals surface area contributed by atoms with E-state index in [1.165, 1.54) is 58.7 Å². The van der Waals surface area contributed by atoms with Crippen LogP contribution in [0, 0.1) is 0 Å². The van der Waals surface area contributed by atoms with Gasteiger partial charge in [-0.2, -0.15) is 0 Å². The lowest BCUT2D eigenvalue weighted by Crippen LogP contribution is -2.08. The molecule has 0 aromatic heterocycles. The summed E-state index contributed by atoms with van der Waals surface area (Å²) in [5, 5.41) is 2.85. The monoisotopic (exact) mass is 414 g/mol. The number of halogens is 1. The molecule has 0 spiro atoms. The first-order chi connectivity index (χ1) is 13.2. The molecule has 0 amide bonds. The minimum Gasteiger partial charge on any atom is -0.0836 e.